The van der Waals surface area contributed by atoms with Crippen LogP contribution in [0.4, 0.5) is 0 Å². The third-order valence-corrected chi connectivity index (χ3v) is 4.30. The smallest absolute Gasteiger partial charge is 0.0697 e. The quantitative estimate of drug-likeness (QED) is 0.677. The van der Waals surface area contributed by atoms with Gasteiger partial charge in [0.25, 0.3) is 0 Å². The van der Waals surface area contributed by atoms with Gasteiger partial charge in [0.15, 0.2) is 0 Å². The van der Waals surface area contributed by atoms with Crippen LogP contribution in [0.15, 0.2) is 0 Å². The molecule has 0 bridgehead atoms. The molecule has 1 aliphatic heterocycles. The molecule has 3 heteroatoms. The number of nitrogens with one attached hydrogen (secondary N) is 1. The molecule has 1 saturated carbocycles. The summed E-state index contributed by atoms with van der Waals surface area (Å²) in [5, 5.41) is 3.68. The van der Waals surface area contributed by atoms with Crippen molar-refractivity contribution in [1.82, 2.24) is 5.32 Å². The van der Waals surface area contributed by atoms with E-state index in [0.717, 1.165) is 32.8 Å². The Balaban J connectivity index is 1.48. The van der Waals surface area contributed by atoms with Crippen LogP contribution < -0.4 is 5.32 Å². The van der Waals surface area contributed by atoms with Gasteiger partial charge in [-0.15, -0.1) is 0 Å². The standard InChI is InChI=1S/C15H29NO2/c1-2-3-10-17-11-5-9-16-14-6-12-18-15(13-14)7-4-8-15/h14,16H,2-13H2,1H3. The third-order valence-electron chi connectivity index (χ3n) is 4.30. The van der Waals surface area contributed by atoms with Crippen molar-refractivity contribution in [3.05, 3.63) is 0 Å². The largest absolute Gasteiger partial charge is 0.381 e. The number of hydrogen-bond donors (Lipinski definition) is 1. The molecule has 1 spiro atoms. The second-order valence-electron chi connectivity index (χ2n) is 5.85. The molecule has 0 aromatic carbocycles. The van der Waals surface area contributed by atoms with Gasteiger partial charge in [-0.05, 0) is 51.5 Å². The minimum Gasteiger partial charge on any atom is -0.381 e. The van der Waals surface area contributed by atoms with Crippen LogP contribution in [0.3, 0.4) is 0 Å². The number of ether oxygens (including phenoxy) is 2. The summed E-state index contributed by atoms with van der Waals surface area (Å²) in [6.45, 7) is 6.07. The molecule has 1 heterocycles. The first-order valence-corrected chi connectivity index (χ1v) is 7.80. The SMILES string of the molecule is CCCCOCCCNC1CCOC2(CCC2)C1. The molecule has 2 rings (SSSR count). The van der Waals surface area contributed by atoms with Gasteiger partial charge in [0.05, 0.1) is 5.60 Å². The second-order valence-corrected chi connectivity index (χ2v) is 5.85. The summed E-state index contributed by atoms with van der Waals surface area (Å²) in [5.74, 6) is 0. The average molecular weight is 255 g/mol. The molecule has 106 valence electrons. The molecule has 0 amide bonds. The fourth-order valence-electron chi connectivity index (χ4n) is 2.95. The molecule has 2 aliphatic rings. The summed E-state index contributed by atoms with van der Waals surface area (Å²) in [4.78, 5) is 0. The zero-order valence-electron chi connectivity index (χ0n) is 11.9. The molecule has 1 N–H and O–H groups in total. The lowest BCUT2D eigenvalue weighted by atomic mass is 9.74. The zero-order valence-corrected chi connectivity index (χ0v) is 11.9. The number of rotatable bonds is 8. The van der Waals surface area contributed by atoms with E-state index in [1.165, 1.54) is 44.9 Å². The van der Waals surface area contributed by atoms with Gasteiger partial charge in [0, 0.05) is 25.9 Å². The molecule has 18 heavy (non-hydrogen) atoms. The molecule has 0 aromatic heterocycles. The van der Waals surface area contributed by atoms with Gasteiger partial charge >= 0.3 is 0 Å². The van der Waals surface area contributed by atoms with Gasteiger partial charge in [-0.2, -0.15) is 0 Å². The lowest BCUT2D eigenvalue weighted by Gasteiger charge is -2.47. The summed E-state index contributed by atoms with van der Waals surface area (Å²) < 4.78 is 11.5. The van der Waals surface area contributed by atoms with Crippen molar-refractivity contribution in [3.8, 4) is 0 Å². The highest BCUT2D eigenvalue weighted by atomic mass is 16.5. The lowest BCUT2D eigenvalue weighted by molar-refractivity contribution is -0.135. The molecular formula is C15H29NO2. The minimum absolute atomic E-state index is 0.271. The molecule has 2 fully saturated rings. The molecule has 1 aliphatic carbocycles. The van der Waals surface area contributed by atoms with Crippen LogP contribution in [0.25, 0.3) is 0 Å². The minimum atomic E-state index is 0.271. The van der Waals surface area contributed by atoms with Crippen molar-refractivity contribution in [2.24, 2.45) is 0 Å². The van der Waals surface area contributed by atoms with Crippen molar-refractivity contribution >= 4 is 0 Å². The van der Waals surface area contributed by atoms with Crippen LogP contribution in [0.2, 0.25) is 0 Å². The van der Waals surface area contributed by atoms with Crippen LogP contribution in [0, 0.1) is 0 Å². The first-order chi connectivity index (χ1) is 8.85. The molecule has 1 saturated heterocycles. The summed E-state index contributed by atoms with van der Waals surface area (Å²) in [6.07, 6.45) is 9.88. The summed E-state index contributed by atoms with van der Waals surface area (Å²) >= 11 is 0. The lowest BCUT2D eigenvalue weighted by Crippen LogP contribution is -2.51. The third kappa shape index (κ3) is 4.22. The van der Waals surface area contributed by atoms with E-state index in [4.69, 9.17) is 9.47 Å². The predicted octanol–water partition coefficient (Wildman–Crippen LogP) is 2.88. The van der Waals surface area contributed by atoms with Crippen molar-refractivity contribution in [2.75, 3.05) is 26.4 Å². The Morgan fingerprint density at radius 1 is 1.28 bits per heavy atom. The van der Waals surface area contributed by atoms with E-state index in [1.807, 2.05) is 0 Å². The van der Waals surface area contributed by atoms with Crippen molar-refractivity contribution in [2.45, 2.75) is 69.9 Å². The average Bonchev–Trinajstić information content (AvgIpc) is 2.36. The summed E-state index contributed by atoms with van der Waals surface area (Å²) in [5.41, 5.74) is 0.271. The molecule has 0 radical (unpaired) electrons. The van der Waals surface area contributed by atoms with Crippen molar-refractivity contribution in [3.63, 3.8) is 0 Å². The van der Waals surface area contributed by atoms with E-state index in [2.05, 4.69) is 12.2 Å². The van der Waals surface area contributed by atoms with E-state index in [1.54, 1.807) is 0 Å². The summed E-state index contributed by atoms with van der Waals surface area (Å²) in [7, 11) is 0. The van der Waals surface area contributed by atoms with Crippen LogP contribution in [-0.2, 0) is 9.47 Å². The van der Waals surface area contributed by atoms with Gasteiger partial charge < -0.3 is 14.8 Å². The van der Waals surface area contributed by atoms with Crippen LogP contribution >= 0.6 is 0 Å². The van der Waals surface area contributed by atoms with E-state index < -0.39 is 0 Å². The van der Waals surface area contributed by atoms with Crippen molar-refractivity contribution in [1.29, 1.82) is 0 Å². The predicted molar refractivity (Wildman–Crippen MR) is 73.9 cm³/mol. The highest BCUT2D eigenvalue weighted by molar-refractivity contribution is 4.95. The Bertz CT molecular complexity index is 229. The van der Waals surface area contributed by atoms with Crippen LogP contribution in [-0.4, -0.2) is 38.0 Å². The Labute approximate surface area is 112 Å². The maximum Gasteiger partial charge on any atom is 0.0697 e. The molecular weight excluding hydrogens is 226 g/mol. The Kier molecular flexibility index (Phi) is 5.93. The molecule has 1 atom stereocenters. The molecule has 1 unspecified atom stereocenters. The Hall–Kier alpha value is -0.120. The highest BCUT2D eigenvalue weighted by Crippen LogP contribution is 2.42. The monoisotopic (exact) mass is 255 g/mol. The highest BCUT2D eigenvalue weighted by Gasteiger charge is 2.42. The Morgan fingerprint density at radius 3 is 2.83 bits per heavy atom. The van der Waals surface area contributed by atoms with Crippen LogP contribution in [0.1, 0.15) is 58.3 Å². The van der Waals surface area contributed by atoms with Gasteiger partial charge in [0.2, 0.25) is 0 Å². The second kappa shape index (κ2) is 7.46. The molecule has 0 aromatic rings. The van der Waals surface area contributed by atoms with Gasteiger partial charge in [-0.25, -0.2) is 0 Å². The maximum atomic E-state index is 5.94. The first kappa shape index (κ1) is 14.3. The van der Waals surface area contributed by atoms with Gasteiger partial charge in [-0.1, -0.05) is 13.3 Å². The number of unbranched alkanes of at least 4 members (excludes halogenated alkanes) is 1. The maximum absolute atomic E-state index is 5.94. The fraction of sp³-hybridized carbons (Fsp3) is 1.00. The van der Waals surface area contributed by atoms with E-state index in [-0.39, 0.29) is 5.60 Å². The van der Waals surface area contributed by atoms with Crippen molar-refractivity contribution < 1.29 is 9.47 Å². The van der Waals surface area contributed by atoms with E-state index in [0.29, 0.717) is 6.04 Å². The Morgan fingerprint density at radius 2 is 2.11 bits per heavy atom. The van der Waals surface area contributed by atoms with E-state index >= 15 is 0 Å². The topological polar surface area (TPSA) is 30.5 Å². The van der Waals surface area contributed by atoms with Gasteiger partial charge in [-0.3, -0.25) is 0 Å². The van der Waals surface area contributed by atoms with Gasteiger partial charge in [0.1, 0.15) is 0 Å². The molecule has 3 nitrogen and oxygen atoms in total. The first-order valence-electron chi connectivity index (χ1n) is 7.80. The fourth-order valence-corrected chi connectivity index (χ4v) is 2.95. The summed E-state index contributed by atoms with van der Waals surface area (Å²) in [6, 6.07) is 0.676. The normalized spacial score (nSPS) is 26.2. The number of hydrogen-bond acceptors (Lipinski definition) is 3. The zero-order chi connectivity index (χ0) is 12.7. The van der Waals surface area contributed by atoms with Crippen LogP contribution in [0.5, 0.6) is 0 Å². The van der Waals surface area contributed by atoms with E-state index in [9.17, 15) is 0 Å².